The first kappa shape index (κ1) is 10.4. The summed E-state index contributed by atoms with van der Waals surface area (Å²) in [5.74, 6) is -2.09. The first-order valence-corrected chi connectivity index (χ1v) is 4.24. The zero-order chi connectivity index (χ0) is 10.6. The number of allylic oxidation sites excluding steroid dienone is 1. The summed E-state index contributed by atoms with van der Waals surface area (Å²) in [4.78, 5) is 10.8. The Morgan fingerprint density at radius 2 is 2.36 bits per heavy atom. The lowest BCUT2D eigenvalue weighted by molar-refractivity contribution is -0.138. The third kappa shape index (κ3) is 2.42. The molecule has 0 fully saturated rings. The second kappa shape index (κ2) is 4.56. The van der Waals surface area contributed by atoms with E-state index in [1.54, 1.807) is 6.07 Å². The highest BCUT2D eigenvalue weighted by molar-refractivity contribution is 5.76. The van der Waals surface area contributed by atoms with Crippen LogP contribution in [0, 0.1) is 5.82 Å². The van der Waals surface area contributed by atoms with Gasteiger partial charge in [0.15, 0.2) is 0 Å². The van der Waals surface area contributed by atoms with Crippen LogP contribution in [0.2, 0.25) is 0 Å². The van der Waals surface area contributed by atoms with Crippen LogP contribution in [0.4, 0.5) is 4.39 Å². The number of carboxylic acid groups (broad SMARTS) is 1. The first-order chi connectivity index (χ1) is 6.65. The van der Waals surface area contributed by atoms with Gasteiger partial charge in [0.2, 0.25) is 0 Å². The molecule has 0 saturated heterocycles. The minimum atomic E-state index is -0.963. The van der Waals surface area contributed by atoms with E-state index in [0.29, 0.717) is 12.0 Å². The molecule has 0 aliphatic carbocycles. The molecule has 0 amide bonds. The summed E-state index contributed by atoms with van der Waals surface area (Å²) in [6, 6.07) is 5.63. The summed E-state index contributed by atoms with van der Waals surface area (Å²) >= 11 is 0. The number of aliphatic carboxylic acids is 1. The van der Waals surface area contributed by atoms with Gasteiger partial charge in [-0.3, -0.25) is 4.79 Å². The third-order valence-electron chi connectivity index (χ3n) is 1.95. The van der Waals surface area contributed by atoms with E-state index in [4.69, 9.17) is 5.11 Å². The van der Waals surface area contributed by atoms with E-state index in [-0.39, 0.29) is 0 Å². The molecule has 2 nitrogen and oxygen atoms in total. The van der Waals surface area contributed by atoms with Crippen molar-refractivity contribution >= 4 is 5.97 Å². The Hall–Kier alpha value is -1.64. The van der Waals surface area contributed by atoms with Crippen molar-refractivity contribution in [1.29, 1.82) is 0 Å². The van der Waals surface area contributed by atoms with Crippen molar-refractivity contribution in [2.24, 2.45) is 0 Å². The van der Waals surface area contributed by atoms with Crippen molar-refractivity contribution in [1.82, 2.24) is 0 Å². The lowest BCUT2D eigenvalue weighted by Gasteiger charge is -2.09. The summed E-state index contributed by atoms with van der Waals surface area (Å²) in [7, 11) is 0. The Morgan fingerprint density at radius 3 is 2.86 bits per heavy atom. The zero-order valence-electron chi connectivity index (χ0n) is 7.61. The fraction of sp³-hybridized carbons (Fsp3) is 0.182. The molecule has 0 radical (unpaired) electrons. The molecule has 3 heteroatoms. The topological polar surface area (TPSA) is 37.3 Å². The summed E-state index contributed by atoms with van der Waals surface area (Å²) in [6.07, 6.45) is 1.82. The fourth-order valence-corrected chi connectivity index (χ4v) is 1.27. The molecule has 0 aliphatic rings. The maximum Gasteiger partial charge on any atom is 0.311 e. The molecule has 1 rings (SSSR count). The molecule has 1 N–H and O–H groups in total. The van der Waals surface area contributed by atoms with E-state index >= 15 is 0 Å². The smallest absolute Gasteiger partial charge is 0.311 e. The number of benzene rings is 1. The van der Waals surface area contributed by atoms with E-state index in [1.807, 2.05) is 0 Å². The molecular weight excluding hydrogens is 183 g/mol. The summed E-state index contributed by atoms with van der Waals surface area (Å²) in [6.45, 7) is 3.47. The van der Waals surface area contributed by atoms with E-state index in [2.05, 4.69) is 6.58 Å². The van der Waals surface area contributed by atoms with Gasteiger partial charge in [-0.25, -0.2) is 4.39 Å². The van der Waals surface area contributed by atoms with Crippen LogP contribution in [-0.4, -0.2) is 11.1 Å². The number of hydrogen-bond acceptors (Lipinski definition) is 1. The van der Waals surface area contributed by atoms with Crippen LogP contribution < -0.4 is 0 Å². The Morgan fingerprint density at radius 1 is 1.64 bits per heavy atom. The fourth-order valence-electron chi connectivity index (χ4n) is 1.27. The largest absolute Gasteiger partial charge is 0.481 e. The normalized spacial score (nSPS) is 12.1. The van der Waals surface area contributed by atoms with Crippen LogP contribution in [0.15, 0.2) is 36.9 Å². The molecule has 14 heavy (non-hydrogen) atoms. The quantitative estimate of drug-likeness (QED) is 0.748. The Labute approximate surface area is 81.7 Å². The average Bonchev–Trinajstić information content (AvgIpc) is 2.13. The molecule has 74 valence electrons. The summed E-state index contributed by atoms with van der Waals surface area (Å²) < 4.78 is 12.8. The molecule has 0 heterocycles. The zero-order valence-corrected chi connectivity index (χ0v) is 7.61. The number of carbonyl (C=O) groups is 1. The summed E-state index contributed by atoms with van der Waals surface area (Å²) in [5.41, 5.74) is 0.470. The molecule has 1 aromatic rings. The second-order valence-electron chi connectivity index (χ2n) is 2.97. The van der Waals surface area contributed by atoms with Gasteiger partial charge in [0.25, 0.3) is 0 Å². The van der Waals surface area contributed by atoms with Gasteiger partial charge in [0.05, 0.1) is 5.92 Å². The van der Waals surface area contributed by atoms with Crippen LogP contribution in [-0.2, 0) is 4.79 Å². The predicted octanol–water partition coefficient (Wildman–Crippen LogP) is 2.57. The second-order valence-corrected chi connectivity index (χ2v) is 2.97. The van der Waals surface area contributed by atoms with Crippen molar-refractivity contribution in [3.8, 4) is 0 Å². The highest BCUT2D eigenvalue weighted by atomic mass is 19.1. The van der Waals surface area contributed by atoms with Gasteiger partial charge in [-0.2, -0.15) is 0 Å². The van der Waals surface area contributed by atoms with Gasteiger partial charge >= 0.3 is 5.97 Å². The lowest BCUT2D eigenvalue weighted by Crippen LogP contribution is -2.10. The number of halogens is 1. The number of hydrogen-bond donors (Lipinski definition) is 1. The molecule has 1 aromatic carbocycles. The van der Waals surface area contributed by atoms with Crippen molar-refractivity contribution < 1.29 is 14.3 Å². The highest BCUT2D eigenvalue weighted by Gasteiger charge is 2.18. The van der Waals surface area contributed by atoms with Crippen molar-refractivity contribution in [3.63, 3.8) is 0 Å². The molecule has 1 unspecified atom stereocenters. The van der Waals surface area contributed by atoms with Gasteiger partial charge < -0.3 is 5.11 Å². The molecule has 0 spiro atoms. The van der Waals surface area contributed by atoms with Gasteiger partial charge in [-0.15, -0.1) is 6.58 Å². The summed E-state index contributed by atoms with van der Waals surface area (Å²) in [5, 5.41) is 8.88. The van der Waals surface area contributed by atoms with E-state index in [9.17, 15) is 9.18 Å². The molecule has 0 aromatic heterocycles. The van der Waals surface area contributed by atoms with E-state index in [0.717, 1.165) is 0 Å². The Bertz CT molecular complexity index is 347. The standard InChI is InChI=1S/C11H11FO2/c1-2-4-10(11(13)14)8-5-3-6-9(12)7-8/h2-3,5-7,10H,1,4H2,(H,13,14). The minimum absolute atomic E-state index is 0.304. The van der Waals surface area contributed by atoms with Crippen molar-refractivity contribution in [2.45, 2.75) is 12.3 Å². The predicted molar refractivity (Wildman–Crippen MR) is 51.6 cm³/mol. The highest BCUT2D eigenvalue weighted by Crippen LogP contribution is 2.20. The maximum absolute atomic E-state index is 12.8. The van der Waals surface area contributed by atoms with Gasteiger partial charge in [-0.05, 0) is 24.1 Å². The van der Waals surface area contributed by atoms with E-state index in [1.165, 1.54) is 24.3 Å². The molecule has 1 atom stereocenters. The number of rotatable bonds is 4. The third-order valence-corrected chi connectivity index (χ3v) is 1.95. The van der Waals surface area contributed by atoms with Gasteiger partial charge in [-0.1, -0.05) is 18.2 Å². The Balaban J connectivity index is 2.98. The molecule has 0 bridgehead atoms. The molecular formula is C11H11FO2. The minimum Gasteiger partial charge on any atom is -0.481 e. The van der Waals surface area contributed by atoms with Crippen LogP contribution in [0.3, 0.4) is 0 Å². The van der Waals surface area contributed by atoms with Gasteiger partial charge in [0, 0.05) is 0 Å². The molecule has 0 aliphatic heterocycles. The first-order valence-electron chi connectivity index (χ1n) is 4.24. The lowest BCUT2D eigenvalue weighted by atomic mass is 9.96. The van der Waals surface area contributed by atoms with Crippen LogP contribution in [0.25, 0.3) is 0 Å². The average molecular weight is 194 g/mol. The maximum atomic E-state index is 12.8. The van der Waals surface area contributed by atoms with Crippen molar-refractivity contribution in [3.05, 3.63) is 48.3 Å². The van der Waals surface area contributed by atoms with Gasteiger partial charge in [0.1, 0.15) is 5.82 Å². The van der Waals surface area contributed by atoms with Crippen LogP contribution in [0.1, 0.15) is 17.9 Å². The Kier molecular flexibility index (Phi) is 3.40. The van der Waals surface area contributed by atoms with Crippen LogP contribution in [0.5, 0.6) is 0 Å². The number of carboxylic acids is 1. The monoisotopic (exact) mass is 194 g/mol. The SMILES string of the molecule is C=CCC(C(=O)O)c1cccc(F)c1. The van der Waals surface area contributed by atoms with E-state index < -0.39 is 17.7 Å². The van der Waals surface area contributed by atoms with Crippen molar-refractivity contribution in [2.75, 3.05) is 0 Å². The van der Waals surface area contributed by atoms with Crippen LogP contribution >= 0.6 is 0 Å². The molecule has 0 saturated carbocycles.